The van der Waals surface area contributed by atoms with Crippen LogP contribution in [0.2, 0.25) is 0 Å². The summed E-state index contributed by atoms with van der Waals surface area (Å²) in [5, 5.41) is 14.8. The molecule has 0 spiro atoms. The lowest BCUT2D eigenvalue weighted by atomic mass is 9.89. The Bertz CT molecular complexity index is 1060. The molecule has 2 saturated heterocycles. The maximum atomic E-state index is 12.9. The van der Waals surface area contributed by atoms with Crippen LogP contribution in [-0.2, 0) is 21.6 Å². The minimum atomic E-state index is -1.39. The molecule has 3 N–H and O–H groups in total. The Morgan fingerprint density at radius 2 is 1.77 bits per heavy atom. The van der Waals surface area contributed by atoms with Crippen molar-refractivity contribution in [1.29, 1.82) is 0 Å². The molecule has 3 aliphatic rings. The molecular formula is C22H22N4O5. The molecule has 9 heteroatoms. The number of nitrogens with one attached hydrogen (secondary N) is 2. The molecule has 0 radical (unpaired) electrons. The van der Waals surface area contributed by atoms with E-state index in [1.807, 2.05) is 24.3 Å². The zero-order chi connectivity index (χ0) is 21.6. The number of fused-ring (bicyclic) bond motifs is 1. The highest BCUT2D eigenvalue weighted by Gasteiger charge is 2.50. The number of hydrogen-bond donors (Lipinski definition) is 3. The number of phenolic OH excluding ortho intramolecular Hbond substituents is 1. The maximum Gasteiger partial charge on any atom is 0.322 e. The lowest BCUT2D eigenvalue weighted by Gasteiger charge is -2.32. The van der Waals surface area contributed by atoms with Crippen LogP contribution >= 0.6 is 0 Å². The van der Waals surface area contributed by atoms with Gasteiger partial charge in [0.1, 0.15) is 5.75 Å². The van der Waals surface area contributed by atoms with Crippen molar-refractivity contribution in [2.24, 2.45) is 0 Å². The van der Waals surface area contributed by atoms with E-state index in [1.165, 1.54) is 17.0 Å². The van der Waals surface area contributed by atoms with Gasteiger partial charge in [-0.3, -0.25) is 14.9 Å². The number of hydrogen-bond acceptors (Lipinski definition) is 6. The summed E-state index contributed by atoms with van der Waals surface area (Å²) in [4.78, 5) is 41.6. The van der Waals surface area contributed by atoms with E-state index in [0.717, 1.165) is 24.3 Å². The second-order valence-corrected chi connectivity index (χ2v) is 7.96. The van der Waals surface area contributed by atoms with E-state index in [-0.39, 0.29) is 18.2 Å². The second-order valence-electron chi connectivity index (χ2n) is 7.96. The molecule has 2 fully saturated rings. The van der Waals surface area contributed by atoms with Crippen LogP contribution in [0.4, 0.5) is 10.5 Å². The molecule has 160 valence electrons. The first-order valence-corrected chi connectivity index (χ1v) is 10.1. The van der Waals surface area contributed by atoms with Crippen molar-refractivity contribution in [3.05, 3.63) is 59.2 Å². The molecule has 31 heavy (non-hydrogen) atoms. The van der Waals surface area contributed by atoms with Crippen LogP contribution in [0, 0.1) is 0 Å². The van der Waals surface area contributed by atoms with Gasteiger partial charge in [-0.05, 0) is 35.4 Å². The smallest absolute Gasteiger partial charge is 0.322 e. The predicted molar refractivity (Wildman–Crippen MR) is 111 cm³/mol. The predicted octanol–water partition coefficient (Wildman–Crippen LogP) is 0.919. The normalized spacial score (nSPS) is 23.0. The SMILES string of the molecule is O=C1NC(=O)[C@](CN2Cc3ccc(O)cc3C2=O)(c2ccc(N3CCOCC3)cc2)N1. The third kappa shape index (κ3) is 3.27. The van der Waals surface area contributed by atoms with Crippen molar-refractivity contribution < 1.29 is 24.2 Å². The number of morpholine rings is 1. The third-order valence-corrected chi connectivity index (χ3v) is 6.08. The number of aromatic hydroxyl groups is 1. The molecule has 0 unspecified atom stereocenters. The molecule has 3 aliphatic heterocycles. The first-order valence-electron chi connectivity index (χ1n) is 10.1. The number of amides is 4. The monoisotopic (exact) mass is 422 g/mol. The highest BCUT2D eigenvalue weighted by atomic mass is 16.5. The molecule has 0 aliphatic carbocycles. The van der Waals surface area contributed by atoms with Crippen molar-refractivity contribution >= 4 is 23.5 Å². The third-order valence-electron chi connectivity index (χ3n) is 6.08. The number of imide groups is 1. The van der Waals surface area contributed by atoms with E-state index in [2.05, 4.69) is 15.5 Å². The van der Waals surface area contributed by atoms with E-state index in [0.29, 0.717) is 30.9 Å². The lowest BCUT2D eigenvalue weighted by Crippen LogP contribution is -2.52. The van der Waals surface area contributed by atoms with Gasteiger partial charge in [-0.25, -0.2) is 4.79 Å². The first-order chi connectivity index (χ1) is 15.0. The van der Waals surface area contributed by atoms with Gasteiger partial charge >= 0.3 is 6.03 Å². The molecule has 0 aromatic heterocycles. The Labute approximate surface area is 178 Å². The van der Waals surface area contributed by atoms with Gasteiger partial charge < -0.3 is 25.0 Å². The number of carbonyl (C=O) groups is 3. The number of urea groups is 1. The molecule has 2 aromatic carbocycles. The zero-order valence-corrected chi connectivity index (χ0v) is 16.8. The summed E-state index contributed by atoms with van der Waals surface area (Å²) in [5.74, 6) is -0.776. The fourth-order valence-corrected chi connectivity index (χ4v) is 4.44. The van der Waals surface area contributed by atoms with E-state index in [4.69, 9.17) is 4.74 Å². The van der Waals surface area contributed by atoms with Crippen LogP contribution in [0.1, 0.15) is 21.5 Å². The Morgan fingerprint density at radius 3 is 2.45 bits per heavy atom. The van der Waals surface area contributed by atoms with Gasteiger partial charge in [0.2, 0.25) is 0 Å². The van der Waals surface area contributed by atoms with Gasteiger partial charge in [0, 0.05) is 30.9 Å². The van der Waals surface area contributed by atoms with Crippen LogP contribution in [0.25, 0.3) is 0 Å². The van der Waals surface area contributed by atoms with Crippen molar-refractivity contribution in [1.82, 2.24) is 15.5 Å². The number of phenols is 1. The molecule has 9 nitrogen and oxygen atoms in total. The van der Waals surface area contributed by atoms with E-state index in [9.17, 15) is 19.5 Å². The number of benzene rings is 2. The number of rotatable bonds is 4. The summed E-state index contributed by atoms with van der Waals surface area (Å²) in [7, 11) is 0. The molecule has 0 saturated carbocycles. The average Bonchev–Trinajstić information content (AvgIpc) is 3.24. The summed E-state index contributed by atoms with van der Waals surface area (Å²) >= 11 is 0. The molecule has 1 atom stereocenters. The lowest BCUT2D eigenvalue weighted by molar-refractivity contribution is -0.124. The van der Waals surface area contributed by atoms with Gasteiger partial charge in [-0.15, -0.1) is 0 Å². The topological polar surface area (TPSA) is 111 Å². The van der Waals surface area contributed by atoms with Crippen LogP contribution < -0.4 is 15.5 Å². The highest BCUT2D eigenvalue weighted by Crippen LogP contribution is 2.33. The summed E-state index contributed by atoms with van der Waals surface area (Å²) < 4.78 is 5.39. The molecule has 5 rings (SSSR count). The van der Waals surface area contributed by atoms with Crippen LogP contribution in [0.15, 0.2) is 42.5 Å². The minimum Gasteiger partial charge on any atom is -0.508 e. The van der Waals surface area contributed by atoms with Crippen molar-refractivity contribution in [3.63, 3.8) is 0 Å². The molecule has 3 heterocycles. The first kappa shape index (κ1) is 19.4. The molecule has 4 amide bonds. The summed E-state index contributed by atoms with van der Waals surface area (Å²) in [6.45, 7) is 3.18. The van der Waals surface area contributed by atoms with Gasteiger partial charge in [-0.2, -0.15) is 0 Å². The summed E-state index contributed by atoms with van der Waals surface area (Å²) in [6, 6.07) is 11.5. The fourth-order valence-electron chi connectivity index (χ4n) is 4.44. The highest BCUT2D eigenvalue weighted by molar-refractivity contribution is 6.08. The largest absolute Gasteiger partial charge is 0.508 e. The Hall–Kier alpha value is -3.59. The quantitative estimate of drug-likeness (QED) is 0.632. The summed E-state index contributed by atoms with van der Waals surface area (Å²) in [6.07, 6.45) is 0. The fraction of sp³-hybridized carbons (Fsp3) is 0.318. The number of carbonyl (C=O) groups excluding carboxylic acids is 3. The van der Waals surface area contributed by atoms with Crippen LogP contribution in [0.5, 0.6) is 5.75 Å². The number of ether oxygens (including phenoxy) is 1. The van der Waals surface area contributed by atoms with Crippen molar-refractivity contribution in [3.8, 4) is 5.75 Å². The molecular weight excluding hydrogens is 400 g/mol. The van der Waals surface area contributed by atoms with Crippen molar-refractivity contribution in [2.45, 2.75) is 12.1 Å². The van der Waals surface area contributed by atoms with Gasteiger partial charge in [-0.1, -0.05) is 18.2 Å². The van der Waals surface area contributed by atoms with E-state index < -0.39 is 17.5 Å². The maximum absolute atomic E-state index is 12.9. The van der Waals surface area contributed by atoms with Crippen LogP contribution in [-0.4, -0.2) is 60.7 Å². The van der Waals surface area contributed by atoms with Crippen LogP contribution in [0.3, 0.4) is 0 Å². The zero-order valence-electron chi connectivity index (χ0n) is 16.8. The Balaban J connectivity index is 1.45. The molecule has 2 aromatic rings. The number of nitrogens with zero attached hydrogens (tertiary/aromatic N) is 2. The number of anilines is 1. The standard InChI is InChI=1S/C22H22N4O5/c27-17-6-1-14-12-26(19(28)18(14)11-17)13-22(20(29)23-21(30)24-22)15-2-4-16(5-3-15)25-7-9-31-10-8-25/h1-6,11,27H,7-10,12-13H2,(H2,23,24,29,30)/t22-/m0/s1. The Morgan fingerprint density at radius 1 is 1.03 bits per heavy atom. The molecule has 0 bridgehead atoms. The average molecular weight is 422 g/mol. The van der Waals surface area contributed by atoms with Gasteiger partial charge in [0.05, 0.1) is 19.8 Å². The summed E-state index contributed by atoms with van der Waals surface area (Å²) in [5.41, 5.74) is 1.39. The van der Waals surface area contributed by atoms with Gasteiger partial charge in [0.25, 0.3) is 11.8 Å². The Kier molecular flexibility index (Phi) is 4.55. The van der Waals surface area contributed by atoms with Gasteiger partial charge in [0.15, 0.2) is 5.54 Å². The van der Waals surface area contributed by atoms with Crippen molar-refractivity contribution in [2.75, 3.05) is 37.7 Å². The minimum absolute atomic E-state index is 0.00859. The van der Waals surface area contributed by atoms with E-state index in [1.54, 1.807) is 6.07 Å². The van der Waals surface area contributed by atoms with E-state index >= 15 is 0 Å². The second kappa shape index (κ2) is 7.28.